The molecular weight excluding hydrogens is 390 g/mol. The van der Waals surface area contributed by atoms with Crippen molar-refractivity contribution in [3.05, 3.63) is 29.3 Å². The maximum absolute atomic E-state index is 12.6. The van der Waals surface area contributed by atoms with Gasteiger partial charge in [-0.25, -0.2) is 0 Å². The molecule has 3 rings (SSSR count). The summed E-state index contributed by atoms with van der Waals surface area (Å²) >= 11 is 2.79. The van der Waals surface area contributed by atoms with E-state index < -0.39 is 5.54 Å². The van der Waals surface area contributed by atoms with E-state index in [2.05, 4.69) is 52.9 Å². The molecule has 0 spiro atoms. The van der Waals surface area contributed by atoms with E-state index in [-0.39, 0.29) is 11.2 Å². The highest BCUT2D eigenvalue weighted by atomic mass is 32.2. The van der Waals surface area contributed by atoms with Crippen molar-refractivity contribution >= 4 is 39.8 Å². The first-order chi connectivity index (χ1) is 13.4. The predicted octanol–water partition coefficient (Wildman–Crippen LogP) is 4.72. The second-order valence-corrected chi connectivity index (χ2v) is 9.89. The average Bonchev–Trinajstić information content (AvgIpc) is 3.11. The minimum atomic E-state index is -0.707. The number of hydrogen-bond acceptors (Lipinski definition) is 7. The number of aromatic nitrogens is 2. The SMILES string of the molecule is Cc1ccc(Nc2nnc(S[C@H](C)C(=O)NC3(C#N)CCCCC3)s2)c(C)c1. The Labute approximate surface area is 174 Å². The van der Waals surface area contributed by atoms with Crippen molar-refractivity contribution in [2.24, 2.45) is 0 Å². The molecule has 1 aliphatic carbocycles. The standard InChI is InChI=1S/C20H25N5OS2/c1-13-7-8-16(14(2)11-13)22-18-24-25-19(28-18)27-15(3)17(26)23-20(12-21)9-5-4-6-10-20/h7-8,11,15H,4-6,9-10H2,1-3H3,(H,22,24)(H,23,26)/t15-/m1/s1. The van der Waals surface area contributed by atoms with Gasteiger partial charge in [0, 0.05) is 5.69 Å². The Kier molecular flexibility index (Phi) is 6.57. The Morgan fingerprint density at radius 3 is 2.71 bits per heavy atom. The second-order valence-electron chi connectivity index (χ2n) is 7.32. The molecule has 8 heteroatoms. The number of benzene rings is 1. The summed E-state index contributed by atoms with van der Waals surface area (Å²) in [6.45, 7) is 5.95. The van der Waals surface area contributed by atoms with Gasteiger partial charge in [0.25, 0.3) is 0 Å². The maximum Gasteiger partial charge on any atom is 0.234 e. The molecule has 0 saturated heterocycles. The van der Waals surface area contributed by atoms with Crippen LogP contribution < -0.4 is 10.6 Å². The summed E-state index contributed by atoms with van der Waals surface area (Å²) in [7, 11) is 0. The number of rotatable bonds is 6. The highest BCUT2D eigenvalue weighted by Crippen LogP contribution is 2.32. The van der Waals surface area contributed by atoms with Gasteiger partial charge in [-0.2, -0.15) is 5.26 Å². The van der Waals surface area contributed by atoms with E-state index in [0.717, 1.165) is 47.7 Å². The molecule has 0 bridgehead atoms. The molecule has 0 radical (unpaired) electrons. The third kappa shape index (κ3) is 5.03. The zero-order valence-corrected chi connectivity index (χ0v) is 18.0. The smallest absolute Gasteiger partial charge is 0.234 e. The normalized spacial score (nSPS) is 16.8. The molecule has 2 aromatic rings. The van der Waals surface area contributed by atoms with E-state index in [0.29, 0.717) is 5.13 Å². The minimum absolute atomic E-state index is 0.118. The first-order valence-corrected chi connectivity index (χ1v) is 11.2. The maximum atomic E-state index is 12.6. The number of anilines is 2. The molecule has 1 fully saturated rings. The summed E-state index contributed by atoms with van der Waals surface area (Å²) < 4.78 is 0.726. The van der Waals surface area contributed by atoms with Crippen molar-refractivity contribution < 1.29 is 4.79 Å². The van der Waals surface area contributed by atoms with Gasteiger partial charge in [0.05, 0.1) is 11.3 Å². The zero-order chi connectivity index (χ0) is 20.1. The lowest BCUT2D eigenvalue weighted by molar-refractivity contribution is -0.121. The number of nitrogens with one attached hydrogen (secondary N) is 2. The molecule has 1 heterocycles. The molecule has 0 aliphatic heterocycles. The first kappa shape index (κ1) is 20.6. The van der Waals surface area contributed by atoms with E-state index in [4.69, 9.17) is 0 Å². The van der Waals surface area contributed by atoms with Crippen molar-refractivity contribution in [2.75, 3.05) is 5.32 Å². The summed E-state index contributed by atoms with van der Waals surface area (Å²) in [5.41, 5.74) is 2.65. The van der Waals surface area contributed by atoms with Gasteiger partial charge in [-0.1, -0.05) is 60.1 Å². The van der Waals surface area contributed by atoms with Crippen molar-refractivity contribution in [1.29, 1.82) is 5.26 Å². The molecule has 0 unspecified atom stereocenters. The highest BCUT2D eigenvalue weighted by molar-refractivity contribution is 8.02. The summed E-state index contributed by atoms with van der Waals surface area (Å²) in [4.78, 5) is 12.6. The van der Waals surface area contributed by atoms with Gasteiger partial charge in [0.2, 0.25) is 11.0 Å². The molecular formula is C20H25N5OS2. The van der Waals surface area contributed by atoms with Crippen LogP contribution in [-0.4, -0.2) is 26.9 Å². The van der Waals surface area contributed by atoms with Crippen molar-refractivity contribution in [3.63, 3.8) is 0 Å². The first-order valence-electron chi connectivity index (χ1n) is 9.48. The number of hydrogen-bond donors (Lipinski definition) is 2. The van der Waals surface area contributed by atoms with Crippen molar-refractivity contribution in [1.82, 2.24) is 15.5 Å². The summed E-state index contributed by atoms with van der Waals surface area (Å²) in [6.07, 6.45) is 4.56. The summed E-state index contributed by atoms with van der Waals surface area (Å²) in [5, 5.41) is 24.6. The van der Waals surface area contributed by atoms with Gasteiger partial charge < -0.3 is 10.6 Å². The van der Waals surface area contributed by atoms with Gasteiger partial charge in [-0.15, -0.1) is 10.2 Å². The van der Waals surface area contributed by atoms with Crippen molar-refractivity contribution in [2.45, 2.75) is 68.0 Å². The van der Waals surface area contributed by atoms with E-state index in [1.165, 1.54) is 28.7 Å². The number of nitriles is 1. The molecule has 1 atom stereocenters. The molecule has 1 aromatic carbocycles. The van der Waals surface area contributed by atoms with E-state index in [1.54, 1.807) is 0 Å². The lowest BCUT2D eigenvalue weighted by Crippen LogP contribution is -2.50. The number of carbonyl (C=O) groups excluding carboxylic acids is 1. The van der Waals surface area contributed by atoms with Gasteiger partial charge in [0.1, 0.15) is 5.54 Å². The van der Waals surface area contributed by atoms with Crippen LogP contribution in [0.15, 0.2) is 22.5 Å². The highest BCUT2D eigenvalue weighted by Gasteiger charge is 2.35. The molecule has 1 amide bonds. The fraction of sp³-hybridized carbons (Fsp3) is 0.500. The Bertz CT molecular complexity index is 883. The number of aryl methyl sites for hydroxylation is 2. The Hall–Kier alpha value is -2.11. The zero-order valence-electron chi connectivity index (χ0n) is 16.4. The van der Waals surface area contributed by atoms with Crippen molar-refractivity contribution in [3.8, 4) is 6.07 Å². The van der Waals surface area contributed by atoms with E-state index in [1.807, 2.05) is 13.0 Å². The van der Waals surface area contributed by atoms with Gasteiger partial charge in [-0.05, 0) is 45.2 Å². The molecule has 2 N–H and O–H groups in total. The molecule has 28 heavy (non-hydrogen) atoms. The predicted molar refractivity (Wildman–Crippen MR) is 114 cm³/mol. The number of amides is 1. The van der Waals surface area contributed by atoms with Crippen LogP contribution in [0.3, 0.4) is 0 Å². The quantitative estimate of drug-likeness (QED) is 0.663. The van der Waals surface area contributed by atoms with E-state index >= 15 is 0 Å². The summed E-state index contributed by atoms with van der Waals surface area (Å²) in [6, 6.07) is 8.52. The topological polar surface area (TPSA) is 90.7 Å². The Morgan fingerprint density at radius 2 is 2.04 bits per heavy atom. The van der Waals surface area contributed by atoms with Crippen LogP contribution in [0.2, 0.25) is 0 Å². The lowest BCUT2D eigenvalue weighted by atomic mass is 9.83. The monoisotopic (exact) mass is 415 g/mol. The van der Waals surface area contributed by atoms with Gasteiger partial charge >= 0.3 is 0 Å². The third-order valence-corrected chi connectivity index (χ3v) is 6.98. The molecule has 1 aromatic heterocycles. The van der Waals surface area contributed by atoms with Gasteiger partial charge in [0.15, 0.2) is 4.34 Å². The molecule has 1 saturated carbocycles. The fourth-order valence-electron chi connectivity index (χ4n) is 3.34. The Morgan fingerprint density at radius 1 is 1.29 bits per heavy atom. The summed E-state index contributed by atoms with van der Waals surface area (Å²) in [5.74, 6) is -0.118. The van der Waals surface area contributed by atoms with Crippen LogP contribution >= 0.6 is 23.1 Å². The number of carbonyl (C=O) groups is 1. The fourth-order valence-corrected chi connectivity index (χ4v) is 5.25. The Balaban J connectivity index is 1.59. The molecule has 6 nitrogen and oxygen atoms in total. The van der Waals surface area contributed by atoms with E-state index in [9.17, 15) is 10.1 Å². The number of thioether (sulfide) groups is 1. The minimum Gasteiger partial charge on any atom is -0.337 e. The average molecular weight is 416 g/mol. The van der Waals surface area contributed by atoms with Crippen LogP contribution in [0.5, 0.6) is 0 Å². The largest absolute Gasteiger partial charge is 0.337 e. The van der Waals surface area contributed by atoms with Crippen LogP contribution in [0.4, 0.5) is 10.8 Å². The molecule has 148 valence electrons. The van der Waals surface area contributed by atoms with Gasteiger partial charge in [-0.3, -0.25) is 4.79 Å². The van der Waals surface area contributed by atoms with Crippen LogP contribution in [0.1, 0.15) is 50.2 Å². The van der Waals surface area contributed by atoms with Crippen LogP contribution in [0.25, 0.3) is 0 Å². The second kappa shape index (κ2) is 8.93. The number of nitrogens with zero attached hydrogens (tertiary/aromatic N) is 3. The van der Waals surface area contributed by atoms with Crippen LogP contribution in [-0.2, 0) is 4.79 Å². The molecule has 1 aliphatic rings. The van der Waals surface area contributed by atoms with Crippen LogP contribution in [0, 0.1) is 25.2 Å². The third-order valence-electron chi connectivity index (χ3n) is 4.96. The lowest BCUT2D eigenvalue weighted by Gasteiger charge is -2.32.